The van der Waals surface area contributed by atoms with Gasteiger partial charge < -0.3 is 10.6 Å². The third-order valence-electron chi connectivity index (χ3n) is 4.25. The highest BCUT2D eigenvalue weighted by Crippen LogP contribution is 2.33. The number of hydrogen-bond acceptors (Lipinski definition) is 3. The van der Waals surface area contributed by atoms with Gasteiger partial charge >= 0.3 is 6.18 Å². The van der Waals surface area contributed by atoms with E-state index >= 15 is 0 Å². The summed E-state index contributed by atoms with van der Waals surface area (Å²) in [7, 11) is 0. The molecule has 0 saturated carbocycles. The maximum absolute atomic E-state index is 12.7. The number of carbonyl (C=O) groups is 2. The van der Waals surface area contributed by atoms with Crippen molar-refractivity contribution in [2.75, 3.05) is 24.5 Å². The molecule has 1 aliphatic heterocycles. The number of piperidine rings is 1. The van der Waals surface area contributed by atoms with Crippen LogP contribution in [0.2, 0.25) is 5.02 Å². The molecule has 0 bridgehead atoms. The molecule has 2 heterocycles. The van der Waals surface area contributed by atoms with Crippen LogP contribution in [0.15, 0.2) is 12.3 Å². The Hall–Kier alpha value is -2.03. The zero-order valence-electron chi connectivity index (χ0n) is 15.1. The Labute approximate surface area is 160 Å². The van der Waals surface area contributed by atoms with Crippen molar-refractivity contribution in [1.29, 1.82) is 0 Å². The molecule has 1 aromatic rings. The van der Waals surface area contributed by atoms with Crippen molar-refractivity contribution >= 4 is 29.2 Å². The molecule has 2 amide bonds. The van der Waals surface area contributed by atoms with Gasteiger partial charge in [-0.2, -0.15) is 13.2 Å². The molecule has 0 spiro atoms. The lowest BCUT2D eigenvalue weighted by atomic mass is 9.96. The fourth-order valence-electron chi connectivity index (χ4n) is 2.92. The molecule has 1 saturated heterocycles. The Balaban J connectivity index is 1.88. The van der Waals surface area contributed by atoms with Gasteiger partial charge in [-0.25, -0.2) is 4.98 Å². The first-order valence-electron chi connectivity index (χ1n) is 8.68. The van der Waals surface area contributed by atoms with Gasteiger partial charge in [0.05, 0.1) is 25.2 Å². The van der Waals surface area contributed by atoms with E-state index in [4.69, 9.17) is 11.6 Å². The third kappa shape index (κ3) is 5.98. The van der Waals surface area contributed by atoms with Crippen LogP contribution in [0.5, 0.6) is 0 Å². The molecule has 1 aliphatic rings. The molecule has 2 rings (SSSR count). The second-order valence-electron chi connectivity index (χ2n) is 6.78. The molecule has 0 aromatic carbocycles. The highest BCUT2D eigenvalue weighted by Gasteiger charge is 2.35. The normalized spacial score (nSPS) is 15.7. The van der Waals surface area contributed by atoms with E-state index < -0.39 is 11.7 Å². The SMILES string of the molecule is CC(C)NC(=O)CNC(=O)C1CCN(c2[nH+]cc(C(F)(F)F)cc2Cl)CC1. The fraction of sp³-hybridized carbons (Fsp3) is 0.588. The molecule has 10 heteroatoms. The standard InChI is InChI=1S/C17H22ClF3N4O2/c1-10(2)24-14(26)9-23-16(27)11-3-5-25(6-4-11)15-13(18)7-12(8-22-15)17(19,20)21/h7-8,10-11H,3-6,9H2,1-2H3,(H,23,27)(H,24,26)/p+1. The van der Waals surface area contributed by atoms with Crippen LogP contribution in [0.3, 0.4) is 0 Å². The van der Waals surface area contributed by atoms with Crippen LogP contribution in [0.4, 0.5) is 19.0 Å². The summed E-state index contributed by atoms with van der Waals surface area (Å²) in [6.07, 6.45) is -2.55. The van der Waals surface area contributed by atoms with E-state index in [2.05, 4.69) is 15.6 Å². The molecular formula is C17H23ClF3N4O2+. The van der Waals surface area contributed by atoms with Gasteiger partial charge in [0.25, 0.3) is 5.82 Å². The quantitative estimate of drug-likeness (QED) is 0.784. The fourth-order valence-corrected chi connectivity index (χ4v) is 3.21. The molecule has 6 nitrogen and oxygen atoms in total. The van der Waals surface area contributed by atoms with Gasteiger partial charge in [0.2, 0.25) is 11.8 Å². The number of aromatic nitrogens is 1. The number of amides is 2. The molecule has 27 heavy (non-hydrogen) atoms. The second-order valence-corrected chi connectivity index (χ2v) is 7.19. The van der Waals surface area contributed by atoms with Crippen molar-refractivity contribution in [1.82, 2.24) is 10.6 Å². The van der Waals surface area contributed by atoms with Crippen molar-refractivity contribution in [2.45, 2.75) is 38.9 Å². The molecular weight excluding hydrogens is 385 g/mol. The van der Waals surface area contributed by atoms with Crippen LogP contribution < -0.4 is 20.5 Å². The summed E-state index contributed by atoms with van der Waals surface area (Å²) in [4.78, 5) is 28.2. The van der Waals surface area contributed by atoms with Crippen LogP contribution in [0.25, 0.3) is 0 Å². The summed E-state index contributed by atoms with van der Waals surface area (Å²) in [6, 6.07) is 0.891. The Morgan fingerprint density at radius 2 is 1.96 bits per heavy atom. The number of rotatable bonds is 5. The average molecular weight is 408 g/mol. The van der Waals surface area contributed by atoms with Crippen molar-refractivity contribution in [3.05, 3.63) is 22.8 Å². The first-order valence-corrected chi connectivity index (χ1v) is 9.06. The molecule has 0 aliphatic carbocycles. The molecule has 0 unspecified atom stereocenters. The number of nitrogens with one attached hydrogen (secondary N) is 3. The van der Waals surface area contributed by atoms with Crippen LogP contribution >= 0.6 is 11.6 Å². The third-order valence-corrected chi connectivity index (χ3v) is 4.54. The Kier molecular flexibility index (Phi) is 6.91. The van der Waals surface area contributed by atoms with Crippen molar-refractivity contribution < 1.29 is 27.7 Å². The van der Waals surface area contributed by atoms with Gasteiger partial charge in [-0.15, -0.1) is 0 Å². The number of hydrogen-bond donors (Lipinski definition) is 2. The zero-order chi connectivity index (χ0) is 20.2. The van der Waals surface area contributed by atoms with E-state index in [1.165, 1.54) is 0 Å². The Bertz CT molecular complexity index is 689. The minimum Gasteiger partial charge on any atom is -0.352 e. The smallest absolute Gasteiger partial charge is 0.352 e. The van der Waals surface area contributed by atoms with Gasteiger partial charge in [0, 0.05) is 12.0 Å². The number of carbonyl (C=O) groups excluding carboxylic acids is 2. The van der Waals surface area contributed by atoms with E-state index in [1.807, 2.05) is 18.7 Å². The minimum absolute atomic E-state index is 0.00220. The van der Waals surface area contributed by atoms with E-state index in [1.54, 1.807) is 0 Å². The molecule has 1 fully saturated rings. The largest absolute Gasteiger partial charge is 0.419 e. The molecule has 3 N–H and O–H groups in total. The van der Waals surface area contributed by atoms with Gasteiger partial charge in [-0.05, 0) is 32.8 Å². The minimum atomic E-state index is -4.47. The topological polar surface area (TPSA) is 75.6 Å². The van der Waals surface area contributed by atoms with Gasteiger partial charge in [0.1, 0.15) is 11.2 Å². The maximum Gasteiger partial charge on any atom is 0.419 e. The predicted molar refractivity (Wildman–Crippen MR) is 94.2 cm³/mol. The zero-order valence-corrected chi connectivity index (χ0v) is 15.9. The summed E-state index contributed by atoms with van der Waals surface area (Å²) in [6.45, 7) is 4.53. The highest BCUT2D eigenvalue weighted by molar-refractivity contribution is 6.32. The van der Waals surface area contributed by atoms with Crippen LogP contribution in [-0.4, -0.2) is 37.5 Å². The number of alkyl halides is 3. The van der Waals surface area contributed by atoms with E-state index in [0.29, 0.717) is 31.7 Å². The van der Waals surface area contributed by atoms with Crippen LogP contribution in [0, 0.1) is 5.92 Å². The summed E-state index contributed by atoms with van der Waals surface area (Å²) >= 11 is 6.00. The predicted octanol–water partition coefficient (Wildman–Crippen LogP) is 2.03. The number of anilines is 1. The summed E-state index contributed by atoms with van der Waals surface area (Å²) in [5.41, 5.74) is -0.842. The van der Waals surface area contributed by atoms with E-state index in [0.717, 1.165) is 12.3 Å². The monoisotopic (exact) mass is 407 g/mol. The van der Waals surface area contributed by atoms with E-state index in [9.17, 15) is 22.8 Å². The number of halogens is 4. The summed E-state index contributed by atoms with van der Waals surface area (Å²) in [5.74, 6) is -0.292. The molecule has 150 valence electrons. The first-order chi connectivity index (χ1) is 12.6. The lowest BCUT2D eigenvalue weighted by Gasteiger charge is -2.27. The van der Waals surface area contributed by atoms with Gasteiger partial charge in [-0.1, -0.05) is 11.6 Å². The number of aromatic amines is 1. The van der Waals surface area contributed by atoms with Gasteiger partial charge in [-0.3, -0.25) is 14.5 Å². The van der Waals surface area contributed by atoms with Crippen molar-refractivity contribution in [3.63, 3.8) is 0 Å². The van der Waals surface area contributed by atoms with E-state index in [-0.39, 0.29) is 35.3 Å². The maximum atomic E-state index is 12.7. The number of H-pyrrole nitrogens is 1. The molecule has 1 aromatic heterocycles. The summed E-state index contributed by atoms with van der Waals surface area (Å²) < 4.78 is 38.1. The van der Waals surface area contributed by atoms with Crippen molar-refractivity contribution in [3.8, 4) is 0 Å². The first kappa shape index (κ1) is 21.3. The summed E-state index contributed by atoms with van der Waals surface area (Å²) in [5, 5.41) is 5.29. The van der Waals surface area contributed by atoms with Crippen LogP contribution in [0.1, 0.15) is 32.3 Å². The van der Waals surface area contributed by atoms with Crippen molar-refractivity contribution in [2.24, 2.45) is 5.92 Å². The molecule has 0 atom stereocenters. The second kappa shape index (κ2) is 8.77. The lowest BCUT2D eigenvalue weighted by molar-refractivity contribution is -0.367. The molecule has 0 radical (unpaired) electrons. The van der Waals surface area contributed by atoms with Gasteiger partial charge in [0.15, 0.2) is 0 Å². The Morgan fingerprint density at radius 1 is 1.33 bits per heavy atom. The van der Waals surface area contributed by atoms with Crippen LogP contribution in [-0.2, 0) is 15.8 Å². The number of nitrogens with zero attached hydrogens (tertiary/aromatic N) is 1. The number of pyridine rings is 1. The average Bonchev–Trinajstić information content (AvgIpc) is 2.58. The Morgan fingerprint density at radius 3 is 2.48 bits per heavy atom. The lowest BCUT2D eigenvalue weighted by Crippen LogP contribution is -2.45. The highest BCUT2D eigenvalue weighted by atomic mass is 35.5.